The summed E-state index contributed by atoms with van der Waals surface area (Å²) in [4.78, 5) is 48.2. The number of nitrogens with zero attached hydrogens (tertiary/aromatic N) is 1. The van der Waals surface area contributed by atoms with Crippen LogP contribution >= 0.6 is 0 Å². The lowest BCUT2D eigenvalue weighted by Crippen LogP contribution is -2.60. The van der Waals surface area contributed by atoms with E-state index in [-0.39, 0.29) is 5.92 Å². The van der Waals surface area contributed by atoms with Gasteiger partial charge in [0.15, 0.2) is 0 Å². The maximum atomic E-state index is 12.6. The number of amides is 3. The van der Waals surface area contributed by atoms with Crippen molar-refractivity contribution in [1.29, 1.82) is 0 Å². The van der Waals surface area contributed by atoms with Gasteiger partial charge in [0.1, 0.15) is 23.7 Å². The van der Waals surface area contributed by atoms with Gasteiger partial charge in [-0.05, 0) is 46.5 Å². The third kappa shape index (κ3) is 7.34. The number of rotatable bonds is 6. The maximum Gasteiger partial charge on any atom is 0.408 e. The molecular formula is C18H32N4O6. The Morgan fingerprint density at radius 3 is 2.25 bits per heavy atom. The number of hydrogen-bond donors (Lipinski definition) is 4. The molecule has 0 aliphatic carbocycles. The Kier molecular flexibility index (Phi) is 8.22. The van der Waals surface area contributed by atoms with Crippen molar-refractivity contribution in [2.24, 2.45) is 5.92 Å². The highest BCUT2D eigenvalue weighted by molar-refractivity contribution is 5.91. The number of hydrogen-bond acceptors (Lipinski definition) is 6. The van der Waals surface area contributed by atoms with Crippen LogP contribution < -0.4 is 16.1 Å². The molecule has 0 spiro atoms. The van der Waals surface area contributed by atoms with Gasteiger partial charge in [0, 0.05) is 6.54 Å². The van der Waals surface area contributed by atoms with Crippen molar-refractivity contribution in [2.75, 3.05) is 6.54 Å². The maximum absolute atomic E-state index is 12.6. The summed E-state index contributed by atoms with van der Waals surface area (Å²) in [5, 5.41) is 15.4. The van der Waals surface area contributed by atoms with E-state index in [1.165, 1.54) is 11.9 Å². The van der Waals surface area contributed by atoms with E-state index in [2.05, 4.69) is 16.1 Å². The quantitative estimate of drug-likeness (QED) is 0.513. The standard InChI is InChI=1S/C18H32N4O6/c1-10(2)13(20-17(27)28-18(4,5)6)14(23)19-11(3)15(24)22-9-7-8-12(21-22)16(25)26/h10-13,21H,7-9H2,1-6H3,(H,19,23)(H,20,27)(H,25,26)/t11-,12-,13+/m0/s1. The zero-order chi connectivity index (χ0) is 21.6. The van der Waals surface area contributed by atoms with Gasteiger partial charge >= 0.3 is 12.1 Å². The molecule has 1 heterocycles. The molecule has 1 fully saturated rings. The van der Waals surface area contributed by atoms with Crippen molar-refractivity contribution in [1.82, 2.24) is 21.1 Å². The topological polar surface area (TPSA) is 137 Å². The number of alkyl carbamates (subject to hydrolysis) is 1. The molecule has 4 N–H and O–H groups in total. The molecule has 160 valence electrons. The Labute approximate surface area is 165 Å². The molecular weight excluding hydrogens is 368 g/mol. The number of carboxylic acid groups (broad SMARTS) is 1. The second-order valence-corrected chi connectivity index (χ2v) is 8.25. The molecule has 3 amide bonds. The predicted octanol–water partition coefficient (Wildman–Crippen LogP) is 0.621. The third-order valence-corrected chi connectivity index (χ3v) is 4.10. The molecule has 3 atom stereocenters. The highest BCUT2D eigenvalue weighted by Crippen LogP contribution is 2.11. The van der Waals surface area contributed by atoms with Gasteiger partial charge in [0.2, 0.25) is 5.91 Å². The van der Waals surface area contributed by atoms with Crippen molar-refractivity contribution in [3.8, 4) is 0 Å². The Bertz CT molecular complexity index is 601. The summed E-state index contributed by atoms with van der Waals surface area (Å²) >= 11 is 0. The smallest absolute Gasteiger partial charge is 0.408 e. The minimum Gasteiger partial charge on any atom is -0.480 e. The van der Waals surface area contributed by atoms with Crippen LogP contribution in [0.1, 0.15) is 54.4 Å². The second-order valence-electron chi connectivity index (χ2n) is 8.25. The number of hydrazine groups is 1. The SMILES string of the molecule is CC(C)[C@@H](NC(=O)OC(C)(C)C)C(=O)N[C@@H](C)C(=O)N1CCC[C@@H](C(=O)O)N1. The van der Waals surface area contributed by atoms with Gasteiger partial charge in [-0.2, -0.15) is 0 Å². The molecule has 0 unspecified atom stereocenters. The van der Waals surface area contributed by atoms with E-state index in [0.717, 1.165) is 0 Å². The van der Waals surface area contributed by atoms with Gasteiger partial charge in [0.25, 0.3) is 5.91 Å². The lowest BCUT2D eigenvalue weighted by atomic mass is 10.0. The molecule has 10 nitrogen and oxygen atoms in total. The highest BCUT2D eigenvalue weighted by atomic mass is 16.6. The van der Waals surface area contributed by atoms with Gasteiger partial charge < -0.3 is 20.5 Å². The molecule has 1 saturated heterocycles. The molecule has 0 radical (unpaired) electrons. The summed E-state index contributed by atoms with van der Waals surface area (Å²) < 4.78 is 5.18. The van der Waals surface area contributed by atoms with Crippen LogP contribution in [0.15, 0.2) is 0 Å². The van der Waals surface area contributed by atoms with E-state index in [4.69, 9.17) is 9.84 Å². The van der Waals surface area contributed by atoms with Crippen LogP contribution in [-0.4, -0.2) is 64.3 Å². The van der Waals surface area contributed by atoms with Crippen LogP contribution in [0.2, 0.25) is 0 Å². The first-order valence-electron chi connectivity index (χ1n) is 9.42. The van der Waals surface area contributed by atoms with E-state index >= 15 is 0 Å². The summed E-state index contributed by atoms with van der Waals surface area (Å²) in [5.74, 6) is -2.23. The summed E-state index contributed by atoms with van der Waals surface area (Å²) in [7, 11) is 0. The second kappa shape index (κ2) is 9.72. The zero-order valence-electron chi connectivity index (χ0n) is 17.4. The summed E-state index contributed by atoms with van der Waals surface area (Å²) in [6.45, 7) is 10.5. The van der Waals surface area contributed by atoms with Gasteiger partial charge in [-0.1, -0.05) is 13.8 Å². The summed E-state index contributed by atoms with van der Waals surface area (Å²) in [5.41, 5.74) is 1.96. The van der Waals surface area contributed by atoms with Crippen LogP contribution in [0.3, 0.4) is 0 Å². The first-order chi connectivity index (χ1) is 12.8. The van der Waals surface area contributed by atoms with E-state index in [1.54, 1.807) is 34.6 Å². The van der Waals surface area contributed by atoms with E-state index in [0.29, 0.717) is 19.4 Å². The van der Waals surface area contributed by atoms with Crippen molar-refractivity contribution in [3.05, 3.63) is 0 Å². The highest BCUT2D eigenvalue weighted by Gasteiger charge is 2.33. The van der Waals surface area contributed by atoms with Gasteiger partial charge in [-0.15, -0.1) is 0 Å². The van der Waals surface area contributed by atoms with E-state index in [1.807, 2.05) is 0 Å². The number of carboxylic acids is 1. The fourth-order valence-corrected chi connectivity index (χ4v) is 2.69. The normalized spacial score (nSPS) is 19.5. The number of aliphatic carboxylic acids is 1. The molecule has 0 bridgehead atoms. The fourth-order valence-electron chi connectivity index (χ4n) is 2.69. The molecule has 28 heavy (non-hydrogen) atoms. The summed E-state index contributed by atoms with van der Waals surface area (Å²) in [6.07, 6.45) is 0.252. The predicted molar refractivity (Wildman–Crippen MR) is 101 cm³/mol. The average molecular weight is 400 g/mol. The Morgan fingerprint density at radius 1 is 1.14 bits per heavy atom. The van der Waals surface area contributed by atoms with Crippen LogP contribution in [-0.2, 0) is 19.1 Å². The zero-order valence-corrected chi connectivity index (χ0v) is 17.4. The number of ether oxygens (including phenoxy) is 1. The Balaban J connectivity index is 2.69. The Hall–Kier alpha value is -2.36. The fraction of sp³-hybridized carbons (Fsp3) is 0.778. The molecule has 10 heteroatoms. The minimum absolute atomic E-state index is 0.237. The van der Waals surface area contributed by atoms with Crippen LogP contribution in [0, 0.1) is 5.92 Å². The molecule has 0 aromatic carbocycles. The summed E-state index contributed by atoms with van der Waals surface area (Å²) in [6, 6.07) is -2.61. The number of carbonyl (C=O) groups is 4. The largest absolute Gasteiger partial charge is 0.480 e. The molecule has 1 rings (SSSR count). The van der Waals surface area contributed by atoms with Crippen molar-refractivity contribution in [2.45, 2.75) is 78.1 Å². The number of nitrogens with one attached hydrogen (secondary N) is 3. The molecule has 0 saturated carbocycles. The van der Waals surface area contributed by atoms with Crippen molar-refractivity contribution in [3.63, 3.8) is 0 Å². The Morgan fingerprint density at radius 2 is 1.75 bits per heavy atom. The lowest BCUT2D eigenvalue weighted by molar-refractivity contribution is -0.148. The number of carbonyl (C=O) groups excluding carboxylic acids is 3. The van der Waals surface area contributed by atoms with Crippen molar-refractivity contribution < 1.29 is 29.0 Å². The monoisotopic (exact) mass is 400 g/mol. The molecule has 1 aliphatic heterocycles. The van der Waals surface area contributed by atoms with Crippen LogP contribution in [0.4, 0.5) is 4.79 Å². The van der Waals surface area contributed by atoms with Crippen molar-refractivity contribution >= 4 is 23.9 Å². The minimum atomic E-state index is -1.03. The first-order valence-corrected chi connectivity index (χ1v) is 9.42. The van der Waals surface area contributed by atoms with Crippen LogP contribution in [0.5, 0.6) is 0 Å². The lowest BCUT2D eigenvalue weighted by Gasteiger charge is -2.34. The van der Waals surface area contributed by atoms with Gasteiger partial charge in [0.05, 0.1) is 0 Å². The molecule has 0 aromatic heterocycles. The van der Waals surface area contributed by atoms with Gasteiger partial charge in [-0.3, -0.25) is 19.4 Å². The van der Waals surface area contributed by atoms with Crippen LogP contribution in [0.25, 0.3) is 0 Å². The average Bonchev–Trinajstić information content (AvgIpc) is 2.57. The third-order valence-electron chi connectivity index (χ3n) is 4.10. The molecule has 0 aromatic rings. The first kappa shape index (κ1) is 23.7. The van der Waals surface area contributed by atoms with Gasteiger partial charge in [-0.25, -0.2) is 10.2 Å². The van der Waals surface area contributed by atoms with E-state index in [9.17, 15) is 19.2 Å². The van der Waals surface area contributed by atoms with E-state index < -0.39 is 47.6 Å². The molecule has 1 aliphatic rings.